The Kier molecular flexibility index (Phi) is 12.5. The Hall–Kier alpha value is -1.23. The van der Waals surface area contributed by atoms with E-state index in [-0.39, 0.29) is 36.5 Å². The van der Waals surface area contributed by atoms with Gasteiger partial charge >= 0.3 is 0 Å². The molecule has 0 aliphatic carbocycles. The van der Waals surface area contributed by atoms with Crippen molar-refractivity contribution in [1.82, 2.24) is 20.5 Å². The van der Waals surface area contributed by atoms with Crippen molar-refractivity contribution in [2.75, 3.05) is 39.3 Å². The number of nitrogens with zero attached hydrogens (tertiary/aromatic N) is 3. The van der Waals surface area contributed by atoms with Gasteiger partial charge in [0.25, 0.3) is 0 Å². The van der Waals surface area contributed by atoms with Gasteiger partial charge in [-0.15, -0.1) is 35.3 Å². The molecule has 1 unspecified atom stereocenters. The van der Waals surface area contributed by atoms with Crippen LogP contribution in [0, 0.1) is 5.92 Å². The number of benzene rings is 1. The third-order valence-electron chi connectivity index (χ3n) is 5.86. The fourth-order valence-electron chi connectivity index (χ4n) is 3.94. The van der Waals surface area contributed by atoms with Crippen LogP contribution in [-0.4, -0.2) is 60.3 Å². The molecule has 1 fully saturated rings. The second kappa shape index (κ2) is 14.8. The summed E-state index contributed by atoms with van der Waals surface area (Å²) in [5, 5.41) is 20.1. The molecule has 1 aliphatic rings. The first kappa shape index (κ1) is 27.0. The van der Waals surface area contributed by atoms with E-state index in [1.807, 2.05) is 18.2 Å². The number of nitrogens with one attached hydrogen (secondary N) is 2. The first-order chi connectivity index (χ1) is 15.2. The van der Waals surface area contributed by atoms with E-state index in [0.717, 1.165) is 50.7 Å². The van der Waals surface area contributed by atoms with Crippen LogP contribution in [0.4, 0.5) is 0 Å². The van der Waals surface area contributed by atoms with Crippen molar-refractivity contribution in [1.29, 1.82) is 0 Å². The lowest BCUT2D eigenvalue weighted by molar-refractivity contribution is 0.176. The van der Waals surface area contributed by atoms with Gasteiger partial charge in [-0.25, -0.2) is 4.98 Å². The molecule has 2 aromatic rings. The number of hydrogen-bond donors (Lipinski definition) is 3. The zero-order valence-corrected chi connectivity index (χ0v) is 22.4. The third-order valence-corrected chi connectivity index (χ3v) is 6.90. The van der Waals surface area contributed by atoms with Crippen LogP contribution in [-0.2, 0) is 13.0 Å². The topological polar surface area (TPSA) is 72.8 Å². The Balaban J connectivity index is 0.00000363. The first-order valence-electron chi connectivity index (χ1n) is 11.5. The largest absolute Gasteiger partial charge is 0.396 e. The van der Waals surface area contributed by atoms with Crippen LogP contribution in [0.15, 0.2) is 40.7 Å². The minimum atomic E-state index is 0. The molecule has 0 bridgehead atoms. The van der Waals surface area contributed by atoms with Crippen molar-refractivity contribution in [3.63, 3.8) is 0 Å². The Morgan fingerprint density at radius 1 is 1.22 bits per heavy atom. The number of aliphatic imine (C=N–C) groups is 1. The number of thiazole rings is 1. The molecule has 2 heterocycles. The quantitative estimate of drug-likeness (QED) is 0.230. The predicted octanol–water partition coefficient (Wildman–Crippen LogP) is 3.87. The summed E-state index contributed by atoms with van der Waals surface area (Å²) in [5.41, 5.74) is 2.35. The van der Waals surface area contributed by atoms with E-state index < -0.39 is 0 Å². The normalized spacial score (nSPS) is 16.4. The molecule has 1 saturated heterocycles. The van der Waals surface area contributed by atoms with E-state index >= 15 is 0 Å². The number of likely N-dealkylation sites (tertiary alicyclic amines) is 1. The highest BCUT2D eigenvalue weighted by atomic mass is 127. The monoisotopic (exact) mass is 571 g/mol. The number of piperidine rings is 1. The smallest absolute Gasteiger partial charge is 0.191 e. The number of guanidine groups is 1. The van der Waals surface area contributed by atoms with Crippen molar-refractivity contribution in [3.8, 4) is 0 Å². The molecule has 0 spiro atoms. The molecule has 3 N–H and O–H groups in total. The van der Waals surface area contributed by atoms with Gasteiger partial charge in [-0.2, -0.15) is 0 Å². The number of rotatable bonds is 10. The van der Waals surface area contributed by atoms with Gasteiger partial charge in [0.05, 0.1) is 23.9 Å². The Labute approximate surface area is 214 Å². The van der Waals surface area contributed by atoms with Crippen LogP contribution >= 0.6 is 35.3 Å². The summed E-state index contributed by atoms with van der Waals surface area (Å²) in [6.07, 6.45) is 3.42. The SMILES string of the molecule is CCNC(=NCC(CO)c1ccccc1)NCC1CCN(Cc2csc(CC)n2)CC1.I. The lowest BCUT2D eigenvalue weighted by atomic mass is 9.97. The highest BCUT2D eigenvalue weighted by molar-refractivity contribution is 14.0. The van der Waals surface area contributed by atoms with Crippen molar-refractivity contribution in [3.05, 3.63) is 52.0 Å². The molecule has 3 rings (SSSR count). The van der Waals surface area contributed by atoms with Crippen molar-refractivity contribution < 1.29 is 5.11 Å². The molecule has 32 heavy (non-hydrogen) atoms. The highest BCUT2D eigenvalue weighted by Crippen LogP contribution is 2.20. The number of aromatic nitrogens is 1. The maximum atomic E-state index is 9.78. The summed E-state index contributed by atoms with van der Waals surface area (Å²) in [7, 11) is 0. The predicted molar refractivity (Wildman–Crippen MR) is 145 cm³/mol. The fraction of sp³-hybridized carbons (Fsp3) is 0.583. The van der Waals surface area contributed by atoms with Gasteiger partial charge < -0.3 is 15.7 Å². The summed E-state index contributed by atoms with van der Waals surface area (Å²) in [5.74, 6) is 1.53. The standard InChI is InChI=1S/C24H37N5OS.HI/c1-3-23-28-22(18-31-23)16-29-12-10-19(11-13-29)14-26-24(25-4-2)27-15-21(17-30)20-8-6-5-7-9-20;/h5-9,18-19,21,30H,3-4,10-17H2,1-2H3,(H2,25,26,27);1H. The molecule has 1 aromatic carbocycles. The molecule has 8 heteroatoms. The van der Waals surface area contributed by atoms with Gasteiger partial charge in [0.2, 0.25) is 0 Å². The van der Waals surface area contributed by atoms with E-state index in [0.29, 0.717) is 12.5 Å². The lowest BCUT2D eigenvalue weighted by Crippen LogP contribution is -2.43. The van der Waals surface area contributed by atoms with Crippen molar-refractivity contribution >= 4 is 41.3 Å². The van der Waals surface area contributed by atoms with E-state index in [4.69, 9.17) is 9.98 Å². The summed E-state index contributed by atoms with van der Waals surface area (Å²) in [6.45, 7) is 9.91. The molecule has 0 radical (unpaired) electrons. The summed E-state index contributed by atoms with van der Waals surface area (Å²) in [6, 6.07) is 10.1. The Morgan fingerprint density at radius 3 is 2.59 bits per heavy atom. The molecule has 1 aromatic heterocycles. The first-order valence-corrected chi connectivity index (χ1v) is 12.4. The van der Waals surface area contributed by atoms with Crippen LogP contribution in [0.3, 0.4) is 0 Å². The Bertz CT molecular complexity index is 793. The molecular weight excluding hydrogens is 533 g/mol. The van der Waals surface area contributed by atoms with E-state index in [9.17, 15) is 5.11 Å². The van der Waals surface area contributed by atoms with Gasteiger partial charge in [0.1, 0.15) is 0 Å². The average molecular weight is 572 g/mol. The number of aliphatic hydroxyl groups excluding tert-OH is 1. The summed E-state index contributed by atoms with van der Waals surface area (Å²) < 4.78 is 0. The fourth-order valence-corrected chi connectivity index (χ4v) is 4.68. The van der Waals surface area contributed by atoms with Gasteiger partial charge in [-0.1, -0.05) is 37.3 Å². The molecular formula is C24H38IN5OS. The number of aliphatic hydroxyl groups is 1. The molecule has 0 saturated carbocycles. The minimum absolute atomic E-state index is 0. The zero-order chi connectivity index (χ0) is 21.9. The summed E-state index contributed by atoms with van der Waals surface area (Å²) >= 11 is 1.78. The molecule has 0 amide bonds. The number of halogens is 1. The average Bonchev–Trinajstić information content (AvgIpc) is 3.27. The van der Waals surface area contributed by atoms with Gasteiger partial charge in [0.15, 0.2) is 5.96 Å². The van der Waals surface area contributed by atoms with Crippen molar-refractivity contribution in [2.24, 2.45) is 10.9 Å². The van der Waals surface area contributed by atoms with Gasteiger partial charge in [-0.3, -0.25) is 9.89 Å². The van der Waals surface area contributed by atoms with E-state index in [2.05, 4.69) is 46.9 Å². The third kappa shape index (κ3) is 8.61. The second-order valence-electron chi connectivity index (χ2n) is 8.20. The second-order valence-corrected chi connectivity index (χ2v) is 9.14. The molecule has 1 atom stereocenters. The van der Waals surface area contributed by atoms with Crippen LogP contribution < -0.4 is 10.6 Å². The summed E-state index contributed by atoms with van der Waals surface area (Å²) in [4.78, 5) is 12.0. The van der Waals surface area contributed by atoms with Gasteiger partial charge in [-0.05, 0) is 50.8 Å². The van der Waals surface area contributed by atoms with E-state index in [1.165, 1.54) is 23.5 Å². The van der Waals surface area contributed by atoms with Gasteiger partial charge in [0, 0.05) is 30.9 Å². The maximum Gasteiger partial charge on any atom is 0.191 e. The van der Waals surface area contributed by atoms with E-state index in [1.54, 1.807) is 11.3 Å². The number of hydrogen-bond acceptors (Lipinski definition) is 5. The minimum Gasteiger partial charge on any atom is -0.396 e. The maximum absolute atomic E-state index is 9.78. The Morgan fingerprint density at radius 2 is 1.97 bits per heavy atom. The van der Waals surface area contributed by atoms with Crippen LogP contribution in [0.5, 0.6) is 0 Å². The molecule has 178 valence electrons. The van der Waals surface area contributed by atoms with Crippen LogP contribution in [0.25, 0.3) is 0 Å². The number of aryl methyl sites for hydroxylation is 1. The molecule has 6 nitrogen and oxygen atoms in total. The van der Waals surface area contributed by atoms with Crippen molar-refractivity contribution in [2.45, 2.75) is 45.6 Å². The zero-order valence-electron chi connectivity index (χ0n) is 19.3. The highest BCUT2D eigenvalue weighted by Gasteiger charge is 2.20. The lowest BCUT2D eigenvalue weighted by Gasteiger charge is -2.31. The van der Waals surface area contributed by atoms with Crippen LogP contribution in [0.2, 0.25) is 0 Å². The molecule has 1 aliphatic heterocycles. The van der Waals surface area contributed by atoms with Crippen LogP contribution in [0.1, 0.15) is 48.9 Å².